The smallest absolute Gasteiger partial charge is 0.175 e. The molecule has 6 aromatic rings. The summed E-state index contributed by atoms with van der Waals surface area (Å²) in [6.07, 6.45) is 4.85. The number of nitrogens with zero attached hydrogens (tertiary/aromatic N) is 1. The first-order valence-electron chi connectivity index (χ1n) is 14.0. The van der Waals surface area contributed by atoms with E-state index in [9.17, 15) is 0 Å². The van der Waals surface area contributed by atoms with E-state index in [0.717, 1.165) is 12.8 Å². The van der Waals surface area contributed by atoms with Crippen molar-refractivity contribution in [2.45, 2.75) is 24.9 Å². The van der Waals surface area contributed by atoms with Crippen LogP contribution >= 0.6 is 0 Å². The summed E-state index contributed by atoms with van der Waals surface area (Å²) in [7, 11) is -2.50. The van der Waals surface area contributed by atoms with Gasteiger partial charge in [0, 0.05) is 28.5 Å². The fraction of sp³-hybridized carbons (Fsp3) is 0.111. The number of rotatable bonds is 5. The molecule has 0 spiro atoms. The van der Waals surface area contributed by atoms with Crippen LogP contribution in [0, 0.1) is 0 Å². The van der Waals surface area contributed by atoms with E-state index in [4.69, 9.17) is 0 Å². The Morgan fingerprint density at radius 1 is 0.564 bits per heavy atom. The van der Waals surface area contributed by atoms with E-state index in [1.54, 1.807) is 5.20 Å². The summed E-state index contributed by atoms with van der Waals surface area (Å²) in [5, 5.41) is 12.4. The Labute approximate surface area is 230 Å². The largest absolute Gasteiger partial charge is 0.309 e. The molecule has 1 aliphatic heterocycles. The molecule has 39 heavy (non-hydrogen) atoms. The highest BCUT2D eigenvalue weighted by Crippen LogP contribution is 2.36. The lowest BCUT2D eigenvalue weighted by Crippen LogP contribution is -2.69. The minimum Gasteiger partial charge on any atom is -0.309 e. The maximum absolute atomic E-state index is 3.73. The highest BCUT2D eigenvalue weighted by atomic mass is 28.3. The van der Waals surface area contributed by atoms with Crippen molar-refractivity contribution in [1.82, 2.24) is 9.88 Å². The van der Waals surface area contributed by atoms with Gasteiger partial charge in [-0.3, -0.25) is 0 Å². The van der Waals surface area contributed by atoms with Crippen LogP contribution in [0.15, 0.2) is 145 Å². The molecule has 1 aromatic heterocycles. The van der Waals surface area contributed by atoms with Gasteiger partial charge in [-0.05, 0) is 52.7 Å². The molecule has 0 radical (unpaired) electrons. The predicted molar refractivity (Wildman–Crippen MR) is 166 cm³/mol. The molecule has 0 amide bonds. The van der Waals surface area contributed by atoms with Gasteiger partial charge in [0.1, 0.15) is 0 Å². The topological polar surface area (TPSA) is 26.9 Å². The lowest BCUT2D eigenvalue weighted by Gasteiger charge is -2.37. The number of hydrogen-bond acceptors (Lipinski definition) is 1. The van der Waals surface area contributed by atoms with Gasteiger partial charge in [-0.2, -0.15) is 0 Å². The summed E-state index contributed by atoms with van der Waals surface area (Å²) in [6.45, 7) is 0. The minimum absolute atomic E-state index is 0.619. The van der Waals surface area contributed by atoms with Crippen molar-refractivity contribution in [3.63, 3.8) is 0 Å². The third-order valence-electron chi connectivity index (χ3n) is 8.88. The average molecular weight is 519 g/mol. The Bertz CT molecular complexity index is 1800. The highest BCUT2D eigenvalue weighted by molar-refractivity contribution is 7.16. The van der Waals surface area contributed by atoms with Crippen LogP contribution in [0.1, 0.15) is 12.8 Å². The Kier molecular flexibility index (Phi) is 5.22. The standard InChI is InChI=1S/C36H30N2Si/c1-4-12-26(13-5-1)38-35-19-11-10-18-31(35)32-24-29(21-23-36(32)38)39(27-14-6-2-7-15-27,28-16-8-3-9-17-28)30-20-22-33-34(25-30)37-33/h1-21,23-24,33-34,37H,22,25H2/t33-,34?/m0/s1. The molecule has 1 fully saturated rings. The fourth-order valence-corrected chi connectivity index (χ4v) is 12.2. The summed E-state index contributed by atoms with van der Waals surface area (Å²) in [4.78, 5) is 0. The number of hydrogen-bond donors (Lipinski definition) is 1. The highest BCUT2D eigenvalue weighted by Gasteiger charge is 2.48. The molecule has 3 heteroatoms. The molecule has 2 heterocycles. The van der Waals surface area contributed by atoms with Gasteiger partial charge in [0.25, 0.3) is 0 Å². The van der Waals surface area contributed by atoms with Crippen LogP contribution in [-0.4, -0.2) is 24.7 Å². The Morgan fingerprint density at radius 2 is 1.18 bits per heavy atom. The van der Waals surface area contributed by atoms with E-state index in [0.29, 0.717) is 12.1 Å². The van der Waals surface area contributed by atoms with Crippen LogP contribution in [-0.2, 0) is 0 Å². The van der Waals surface area contributed by atoms with Crippen LogP contribution in [0.25, 0.3) is 27.5 Å². The summed E-state index contributed by atoms with van der Waals surface area (Å²) in [5.41, 5.74) is 3.72. The molecule has 1 unspecified atom stereocenters. The number of nitrogens with one attached hydrogen (secondary N) is 1. The molecule has 1 aliphatic carbocycles. The maximum atomic E-state index is 3.73. The molecule has 2 aliphatic rings. The lowest BCUT2D eigenvalue weighted by molar-refractivity contribution is 0.838. The number of para-hydroxylation sites is 2. The third-order valence-corrected chi connectivity index (χ3v) is 13.8. The Hall–Kier alpha value is -4.18. The van der Waals surface area contributed by atoms with E-state index >= 15 is 0 Å². The minimum atomic E-state index is -2.50. The zero-order valence-electron chi connectivity index (χ0n) is 21.8. The van der Waals surface area contributed by atoms with Crippen LogP contribution in [0.5, 0.6) is 0 Å². The first kappa shape index (κ1) is 22.8. The second-order valence-electron chi connectivity index (χ2n) is 11.0. The van der Waals surface area contributed by atoms with E-state index < -0.39 is 8.07 Å². The van der Waals surface area contributed by atoms with E-state index in [-0.39, 0.29) is 0 Å². The zero-order valence-corrected chi connectivity index (χ0v) is 22.8. The van der Waals surface area contributed by atoms with Crippen LogP contribution in [0.3, 0.4) is 0 Å². The molecule has 5 aromatic carbocycles. The monoisotopic (exact) mass is 518 g/mol. The maximum Gasteiger partial charge on any atom is 0.175 e. The number of fused-ring (bicyclic) bond motifs is 4. The molecule has 8 rings (SSSR count). The molecule has 1 N–H and O–H groups in total. The zero-order chi connectivity index (χ0) is 25.8. The molecular weight excluding hydrogens is 488 g/mol. The second kappa shape index (κ2) is 8.94. The molecule has 2 nitrogen and oxygen atoms in total. The normalized spacial score (nSPS) is 18.6. The van der Waals surface area contributed by atoms with Crippen molar-refractivity contribution in [3.8, 4) is 5.69 Å². The number of aromatic nitrogens is 1. The van der Waals surface area contributed by atoms with Gasteiger partial charge in [-0.15, -0.1) is 0 Å². The fourth-order valence-electron chi connectivity index (χ4n) is 7.04. The molecule has 2 atom stereocenters. The van der Waals surface area contributed by atoms with E-state index in [2.05, 4.69) is 149 Å². The Morgan fingerprint density at radius 3 is 1.87 bits per heavy atom. The van der Waals surface area contributed by atoms with Gasteiger partial charge in [-0.25, -0.2) is 0 Å². The van der Waals surface area contributed by atoms with E-state index in [1.165, 1.54) is 43.1 Å². The van der Waals surface area contributed by atoms with Gasteiger partial charge in [0.2, 0.25) is 0 Å². The van der Waals surface area contributed by atoms with Crippen LogP contribution in [0.4, 0.5) is 0 Å². The summed E-state index contributed by atoms with van der Waals surface area (Å²) in [5.74, 6) is 0. The predicted octanol–water partition coefficient (Wildman–Crippen LogP) is 5.85. The van der Waals surface area contributed by atoms with Gasteiger partial charge in [-0.1, -0.05) is 120 Å². The molecule has 0 saturated carbocycles. The van der Waals surface area contributed by atoms with Gasteiger partial charge < -0.3 is 9.88 Å². The molecule has 0 bridgehead atoms. The lowest BCUT2D eigenvalue weighted by atomic mass is 10.1. The molecular formula is C36H30N2Si. The Balaban J connectivity index is 1.46. The van der Waals surface area contributed by atoms with Crippen LogP contribution < -0.4 is 20.9 Å². The van der Waals surface area contributed by atoms with Crippen molar-refractivity contribution in [2.24, 2.45) is 0 Å². The first-order valence-corrected chi connectivity index (χ1v) is 16.0. The summed E-state index contributed by atoms with van der Waals surface area (Å²) >= 11 is 0. The summed E-state index contributed by atoms with van der Waals surface area (Å²) in [6, 6.07) is 51.0. The SMILES string of the molecule is C1=C([Si](c2ccccc2)(c2ccccc2)c2ccc3c(c2)c2ccccc2n3-c2ccccc2)CC2N[C@H]2C1. The van der Waals surface area contributed by atoms with Crippen LogP contribution in [0.2, 0.25) is 0 Å². The summed E-state index contributed by atoms with van der Waals surface area (Å²) < 4.78 is 2.42. The van der Waals surface area contributed by atoms with Crippen molar-refractivity contribution in [2.75, 3.05) is 0 Å². The van der Waals surface area contributed by atoms with Gasteiger partial charge in [0.15, 0.2) is 8.07 Å². The second-order valence-corrected chi connectivity index (χ2v) is 14.8. The van der Waals surface area contributed by atoms with Crippen molar-refractivity contribution < 1.29 is 0 Å². The van der Waals surface area contributed by atoms with E-state index in [1.807, 2.05) is 0 Å². The van der Waals surface area contributed by atoms with Gasteiger partial charge >= 0.3 is 0 Å². The first-order chi connectivity index (χ1) is 19.3. The average Bonchev–Trinajstić information content (AvgIpc) is 3.72. The molecule has 1 saturated heterocycles. The number of benzene rings is 5. The molecule has 188 valence electrons. The van der Waals surface area contributed by atoms with Crippen molar-refractivity contribution in [1.29, 1.82) is 0 Å². The van der Waals surface area contributed by atoms with Gasteiger partial charge in [0.05, 0.1) is 11.0 Å². The van der Waals surface area contributed by atoms with Crippen molar-refractivity contribution >= 4 is 45.4 Å². The third kappa shape index (κ3) is 3.51. The van der Waals surface area contributed by atoms with Crippen molar-refractivity contribution in [3.05, 3.63) is 145 Å². The quantitative estimate of drug-likeness (QED) is 0.173.